The minimum absolute atomic E-state index is 0.118. The van der Waals surface area contributed by atoms with Crippen molar-refractivity contribution in [1.82, 2.24) is 20.3 Å². The largest absolute Gasteiger partial charge is 0.422 e. The topological polar surface area (TPSA) is 80.9 Å². The van der Waals surface area contributed by atoms with Gasteiger partial charge in [-0.05, 0) is 0 Å². The van der Waals surface area contributed by atoms with Gasteiger partial charge in [0.1, 0.15) is 18.3 Å². The summed E-state index contributed by atoms with van der Waals surface area (Å²) < 4.78 is 5.22. The molecule has 0 saturated heterocycles. The quantitative estimate of drug-likeness (QED) is 0.718. The lowest BCUT2D eigenvalue weighted by Gasteiger charge is -1.92. The zero-order valence-electron chi connectivity index (χ0n) is 7.52. The number of aromatic nitrogens is 3. The predicted molar refractivity (Wildman–Crippen MR) is 47.4 cm³/mol. The smallest absolute Gasteiger partial charge is 0.250 e. The fourth-order valence-electron chi connectivity index (χ4n) is 1.04. The van der Waals surface area contributed by atoms with E-state index in [1.54, 1.807) is 13.2 Å². The van der Waals surface area contributed by atoms with E-state index in [2.05, 4.69) is 20.3 Å². The zero-order chi connectivity index (χ0) is 9.97. The summed E-state index contributed by atoms with van der Waals surface area (Å²) in [6.07, 6.45) is 3.03. The van der Waals surface area contributed by atoms with E-state index < -0.39 is 0 Å². The number of fused-ring (bicyclic) bond motifs is 1. The minimum atomic E-state index is -0.149. The first-order chi connectivity index (χ1) is 6.79. The summed E-state index contributed by atoms with van der Waals surface area (Å²) in [7, 11) is 1.56. The van der Waals surface area contributed by atoms with Gasteiger partial charge >= 0.3 is 0 Å². The van der Waals surface area contributed by atoms with E-state index in [1.807, 2.05) is 0 Å². The van der Waals surface area contributed by atoms with Crippen LogP contribution in [0.1, 0.15) is 5.89 Å². The van der Waals surface area contributed by atoms with Crippen LogP contribution >= 0.6 is 0 Å². The maximum atomic E-state index is 11.0. The van der Waals surface area contributed by atoms with Crippen molar-refractivity contribution in [1.29, 1.82) is 0 Å². The highest BCUT2D eigenvalue weighted by molar-refractivity contribution is 5.78. The Labute approximate surface area is 79.4 Å². The lowest BCUT2D eigenvalue weighted by molar-refractivity contribution is -0.120. The van der Waals surface area contributed by atoms with Crippen molar-refractivity contribution in [3.8, 4) is 0 Å². The van der Waals surface area contributed by atoms with Gasteiger partial charge in [-0.15, -0.1) is 0 Å². The predicted octanol–water partition coefficient (Wildman–Crippen LogP) is -0.0937. The molecule has 0 spiro atoms. The Morgan fingerprint density at radius 1 is 1.64 bits per heavy atom. The van der Waals surface area contributed by atoms with Crippen LogP contribution in [0.25, 0.3) is 11.2 Å². The van der Waals surface area contributed by atoms with E-state index in [9.17, 15) is 4.79 Å². The first-order valence-electron chi connectivity index (χ1n) is 4.05. The van der Waals surface area contributed by atoms with Crippen molar-refractivity contribution in [2.24, 2.45) is 0 Å². The Kier molecular flexibility index (Phi) is 2.10. The van der Waals surface area contributed by atoms with Gasteiger partial charge in [-0.2, -0.15) is 4.98 Å². The van der Waals surface area contributed by atoms with Crippen LogP contribution in [-0.4, -0.2) is 27.9 Å². The van der Waals surface area contributed by atoms with E-state index in [0.717, 1.165) is 0 Å². The van der Waals surface area contributed by atoms with Crippen molar-refractivity contribution >= 4 is 17.1 Å². The van der Waals surface area contributed by atoms with Crippen LogP contribution in [0.15, 0.2) is 16.9 Å². The molecule has 72 valence electrons. The molecule has 0 unspecified atom stereocenters. The molecule has 0 bridgehead atoms. The first kappa shape index (κ1) is 8.61. The summed E-state index contributed by atoms with van der Waals surface area (Å²) in [5.74, 6) is 0.198. The molecule has 2 rings (SSSR count). The lowest BCUT2D eigenvalue weighted by atomic mass is 10.4. The van der Waals surface area contributed by atoms with Gasteiger partial charge in [-0.25, -0.2) is 9.97 Å². The van der Waals surface area contributed by atoms with E-state index in [0.29, 0.717) is 17.1 Å². The summed E-state index contributed by atoms with van der Waals surface area (Å²) in [5.41, 5.74) is 0.963. The summed E-state index contributed by atoms with van der Waals surface area (Å²) in [4.78, 5) is 22.7. The Morgan fingerprint density at radius 2 is 2.50 bits per heavy atom. The van der Waals surface area contributed by atoms with Crippen molar-refractivity contribution in [3.63, 3.8) is 0 Å². The third-order valence-corrected chi connectivity index (χ3v) is 1.71. The number of hydrogen-bond donors (Lipinski definition) is 1. The van der Waals surface area contributed by atoms with Gasteiger partial charge in [-0.3, -0.25) is 4.79 Å². The van der Waals surface area contributed by atoms with Crippen LogP contribution in [0, 0.1) is 0 Å². The number of carbonyl (C=O) groups excluding carboxylic acids is 1. The van der Waals surface area contributed by atoms with E-state index >= 15 is 0 Å². The Hall–Kier alpha value is -1.98. The molecule has 2 aromatic heterocycles. The fourth-order valence-corrected chi connectivity index (χ4v) is 1.04. The molecule has 6 heteroatoms. The molecule has 6 nitrogen and oxygen atoms in total. The molecule has 0 atom stereocenters. The van der Waals surface area contributed by atoms with Gasteiger partial charge in [-0.1, -0.05) is 0 Å². The second-order valence-electron chi connectivity index (χ2n) is 2.67. The number of nitrogens with zero attached hydrogens (tertiary/aromatic N) is 3. The molecular formula is C8H8N4O2. The van der Waals surface area contributed by atoms with E-state index in [-0.39, 0.29) is 12.3 Å². The summed E-state index contributed by atoms with van der Waals surface area (Å²) in [6.45, 7) is 0. The molecule has 0 aliphatic heterocycles. The second kappa shape index (κ2) is 3.41. The highest BCUT2D eigenvalue weighted by Crippen LogP contribution is 2.10. The molecule has 2 aromatic rings. The molecule has 0 radical (unpaired) electrons. The number of oxazole rings is 1. The van der Waals surface area contributed by atoms with Gasteiger partial charge in [0.2, 0.25) is 17.5 Å². The Morgan fingerprint density at radius 3 is 3.21 bits per heavy atom. The van der Waals surface area contributed by atoms with Gasteiger partial charge in [0.25, 0.3) is 0 Å². The van der Waals surface area contributed by atoms with Gasteiger partial charge in [0.15, 0.2) is 0 Å². The molecule has 2 heterocycles. The van der Waals surface area contributed by atoms with Crippen molar-refractivity contribution in [3.05, 3.63) is 18.4 Å². The van der Waals surface area contributed by atoms with E-state index in [4.69, 9.17) is 4.42 Å². The molecule has 0 saturated carbocycles. The van der Waals surface area contributed by atoms with Crippen molar-refractivity contribution < 1.29 is 9.21 Å². The highest BCUT2D eigenvalue weighted by Gasteiger charge is 2.09. The van der Waals surface area contributed by atoms with Gasteiger partial charge in [0.05, 0.1) is 6.20 Å². The second-order valence-corrected chi connectivity index (χ2v) is 2.67. The molecule has 1 amide bonds. The number of hydrogen-bond acceptors (Lipinski definition) is 5. The number of likely N-dealkylation sites (N-methyl/N-ethyl adjacent to an activating group) is 1. The minimum Gasteiger partial charge on any atom is -0.422 e. The third-order valence-electron chi connectivity index (χ3n) is 1.71. The van der Waals surface area contributed by atoms with Crippen molar-refractivity contribution in [2.45, 2.75) is 6.42 Å². The maximum Gasteiger partial charge on any atom is 0.250 e. The maximum absolute atomic E-state index is 11.0. The third kappa shape index (κ3) is 1.54. The lowest BCUT2D eigenvalue weighted by Crippen LogP contribution is -2.19. The average Bonchev–Trinajstić information content (AvgIpc) is 2.59. The van der Waals surface area contributed by atoms with Crippen LogP contribution in [0.5, 0.6) is 0 Å². The standard InChI is InChI=1S/C8H8N4O2/c1-9-6(13)2-7-12-5-3-10-4-11-8(5)14-7/h3-4H,2H2,1H3,(H,9,13). The van der Waals surface area contributed by atoms with Crippen LogP contribution in [-0.2, 0) is 11.2 Å². The SMILES string of the molecule is CNC(=O)Cc1nc2cncnc2o1. The number of carbonyl (C=O) groups is 1. The van der Waals surface area contributed by atoms with Crippen LogP contribution in [0.3, 0.4) is 0 Å². The van der Waals surface area contributed by atoms with Crippen LogP contribution in [0.2, 0.25) is 0 Å². The fraction of sp³-hybridized carbons (Fsp3) is 0.250. The first-order valence-corrected chi connectivity index (χ1v) is 4.05. The summed E-state index contributed by atoms with van der Waals surface area (Å²) >= 11 is 0. The summed E-state index contributed by atoms with van der Waals surface area (Å²) in [6, 6.07) is 0. The normalized spacial score (nSPS) is 10.4. The average molecular weight is 192 g/mol. The molecule has 1 N–H and O–H groups in total. The molecule has 0 aliphatic rings. The zero-order valence-corrected chi connectivity index (χ0v) is 7.52. The van der Waals surface area contributed by atoms with Crippen LogP contribution < -0.4 is 5.32 Å². The molecule has 0 aromatic carbocycles. The van der Waals surface area contributed by atoms with Crippen molar-refractivity contribution in [2.75, 3.05) is 7.05 Å². The summed E-state index contributed by atoms with van der Waals surface area (Å²) in [5, 5.41) is 2.48. The highest BCUT2D eigenvalue weighted by atomic mass is 16.4. The number of amides is 1. The molecular weight excluding hydrogens is 184 g/mol. The number of nitrogens with one attached hydrogen (secondary N) is 1. The van der Waals surface area contributed by atoms with Crippen LogP contribution in [0.4, 0.5) is 0 Å². The Bertz CT molecular complexity index is 432. The molecule has 0 fully saturated rings. The van der Waals surface area contributed by atoms with E-state index in [1.165, 1.54) is 6.33 Å². The van der Waals surface area contributed by atoms with Gasteiger partial charge in [0, 0.05) is 7.05 Å². The van der Waals surface area contributed by atoms with Gasteiger partial charge < -0.3 is 9.73 Å². The molecule has 14 heavy (non-hydrogen) atoms. The molecule has 0 aliphatic carbocycles. The monoisotopic (exact) mass is 192 g/mol. The number of rotatable bonds is 2. The Balaban J connectivity index is 2.31.